The van der Waals surface area contributed by atoms with E-state index in [1.807, 2.05) is 0 Å². The van der Waals surface area contributed by atoms with E-state index in [4.69, 9.17) is 0 Å². The van der Waals surface area contributed by atoms with Crippen LogP contribution < -0.4 is 12.4 Å². The molecule has 0 bridgehead atoms. The predicted octanol–water partition coefficient (Wildman–Crippen LogP) is 3.48. The molecule has 0 spiro atoms. The van der Waals surface area contributed by atoms with Crippen molar-refractivity contribution < 1.29 is 0 Å². The van der Waals surface area contributed by atoms with Crippen LogP contribution in [0, 0.1) is 20.8 Å². The Balaban J connectivity index is 1.95. The molecular weight excluding hydrogens is 432 g/mol. The van der Waals surface area contributed by atoms with Gasteiger partial charge < -0.3 is 0 Å². The minimum atomic E-state index is -0.462. The number of benzene rings is 3. The molecule has 25 heavy (non-hydrogen) atoms. The summed E-state index contributed by atoms with van der Waals surface area (Å²) in [5, 5.41) is 4.91. The fraction of sp³-hybridized carbons (Fsp3) is 0.304. The van der Waals surface area contributed by atoms with Crippen LogP contribution >= 0.6 is 0 Å². The van der Waals surface area contributed by atoms with Crippen molar-refractivity contribution in [3.8, 4) is 0 Å². The number of hydrogen-bond acceptors (Lipinski definition) is 0. The minimum absolute atomic E-state index is 0.373. The average molecular weight is 457 g/mol. The third-order valence-electron chi connectivity index (χ3n) is 5.31. The SMILES string of the molecule is Cc1cc(C)c([Te]c2ccc3c4c(ccc([Si](C)C)c24)CC3)c(C)c1. The van der Waals surface area contributed by atoms with E-state index in [1.165, 1.54) is 29.5 Å². The first-order valence-electron chi connectivity index (χ1n) is 9.09. The fourth-order valence-corrected chi connectivity index (χ4v) is 8.86. The van der Waals surface area contributed by atoms with Gasteiger partial charge in [0.15, 0.2) is 0 Å². The Labute approximate surface area is 163 Å². The summed E-state index contributed by atoms with van der Waals surface area (Å²) in [6.45, 7) is 11.7. The van der Waals surface area contributed by atoms with Gasteiger partial charge in [0.25, 0.3) is 0 Å². The van der Waals surface area contributed by atoms with E-state index < -0.39 is 8.80 Å². The van der Waals surface area contributed by atoms with Crippen LogP contribution in [-0.2, 0) is 12.8 Å². The van der Waals surface area contributed by atoms with Gasteiger partial charge in [0.1, 0.15) is 0 Å². The first-order chi connectivity index (χ1) is 12.0. The third-order valence-corrected chi connectivity index (χ3v) is 10.8. The summed E-state index contributed by atoms with van der Waals surface area (Å²) >= 11 is -0.373. The molecule has 1 radical (unpaired) electrons. The standard InChI is InChI=1S/C23H25SiTe/c1-14-12-15(2)23(16(3)13-14)25-20-11-9-18-7-6-17-8-10-19(24(4)5)22(20)21(17)18/h8-13H,6-7H2,1-5H3. The summed E-state index contributed by atoms with van der Waals surface area (Å²) < 4.78 is 3.30. The summed E-state index contributed by atoms with van der Waals surface area (Å²) in [5.41, 5.74) is 7.54. The Kier molecular flexibility index (Phi) is 4.57. The Morgan fingerprint density at radius 3 is 2.00 bits per heavy atom. The molecule has 1 aliphatic carbocycles. The van der Waals surface area contributed by atoms with E-state index in [9.17, 15) is 0 Å². The van der Waals surface area contributed by atoms with Gasteiger partial charge in [-0.15, -0.1) is 0 Å². The van der Waals surface area contributed by atoms with Crippen molar-refractivity contribution in [3.05, 3.63) is 64.2 Å². The van der Waals surface area contributed by atoms with Crippen LogP contribution in [0.5, 0.6) is 0 Å². The molecule has 2 heteroatoms. The van der Waals surface area contributed by atoms with Crippen molar-refractivity contribution in [1.29, 1.82) is 0 Å². The molecule has 4 rings (SSSR count). The van der Waals surface area contributed by atoms with Gasteiger partial charge in [0, 0.05) is 0 Å². The molecule has 0 saturated carbocycles. The van der Waals surface area contributed by atoms with Crippen molar-refractivity contribution in [1.82, 2.24) is 0 Å². The van der Waals surface area contributed by atoms with Crippen LogP contribution in [0.25, 0.3) is 10.8 Å². The second kappa shape index (κ2) is 6.58. The Morgan fingerprint density at radius 1 is 0.800 bits per heavy atom. The van der Waals surface area contributed by atoms with E-state index in [2.05, 4.69) is 70.3 Å². The summed E-state index contributed by atoms with van der Waals surface area (Å²) in [4.78, 5) is 0. The molecule has 0 atom stereocenters. The van der Waals surface area contributed by atoms with E-state index in [0.29, 0.717) is 0 Å². The molecule has 0 amide bonds. The maximum absolute atomic E-state index is 2.47. The van der Waals surface area contributed by atoms with Crippen LogP contribution in [0.4, 0.5) is 0 Å². The first kappa shape index (κ1) is 17.3. The number of aryl methyl sites for hydroxylation is 5. The Morgan fingerprint density at radius 2 is 1.40 bits per heavy atom. The third kappa shape index (κ3) is 2.99. The van der Waals surface area contributed by atoms with Crippen molar-refractivity contribution >= 4 is 52.9 Å². The molecule has 0 N–H and O–H groups in total. The number of hydrogen-bond donors (Lipinski definition) is 0. The average Bonchev–Trinajstić information content (AvgIpc) is 2.97. The number of rotatable bonds is 3. The summed E-state index contributed by atoms with van der Waals surface area (Å²) in [7, 11) is -0.462. The molecule has 0 saturated heterocycles. The summed E-state index contributed by atoms with van der Waals surface area (Å²) in [5.74, 6) is 0. The van der Waals surface area contributed by atoms with Crippen molar-refractivity contribution in [2.75, 3.05) is 0 Å². The Bertz CT molecular complexity index is 952. The first-order valence-corrected chi connectivity index (χ1v) is 13.9. The molecule has 3 aromatic carbocycles. The zero-order chi connectivity index (χ0) is 17.7. The fourth-order valence-electron chi connectivity index (χ4n) is 4.24. The molecule has 3 aromatic rings. The van der Waals surface area contributed by atoms with Gasteiger partial charge in [-0.1, -0.05) is 0 Å². The monoisotopic (exact) mass is 459 g/mol. The predicted molar refractivity (Wildman–Crippen MR) is 114 cm³/mol. The molecule has 0 nitrogen and oxygen atoms in total. The molecular formula is C23H25SiTe. The topological polar surface area (TPSA) is 0 Å². The van der Waals surface area contributed by atoms with Crippen LogP contribution in [0.3, 0.4) is 0 Å². The van der Waals surface area contributed by atoms with Gasteiger partial charge in [-0.05, 0) is 0 Å². The van der Waals surface area contributed by atoms with Crippen LogP contribution in [0.2, 0.25) is 13.1 Å². The van der Waals surface area contributed by atoms with Crippen LogP contribution in [0.15, 0.2) is 36.4 Å². The van der Waals surface area contributed by atoms with E-state index in [-0.39, 0.29) is 20.9 Å². The van der Waals surface area contributed by atoms with Gasteiger partial charge in [-0.25, -0.2) is 0 Å². The van der Waals surface area contributed by atoms with E-state index >= 15 is 0 Å². The van der Waals surface area contributed by atoms with E-state index in [1.54, 1.807) is 34.3 Å². The second-order valence-corrected chi connectivity index (χ2v) is 13.1. The molecule has 0 aliphatic heterocycles. The van der Waals surface area contributed by atoms with Crippen LogP contribution in [0.1, 0.15) is 27.8 Å². The molecule has 127 valence electrons. The van der Waals surface area contributed by atoms with Gasteiger partial charge in [0.05, 0.1) is 0 Å². The van der Waals surface area contributed by atoms with Gasteiger partial charge in [0.2, 0.25) is 0 Å². The normalized spacial score (nSPS) is 13.2. The quantitative estimate of drug-likeness (QED) is 0.529. The van der Waals surface area contributed by atoms with Crippen molar-refractivity contribution in [2.45, 2.75) is 46.7 Å². The molecule has 0 aromatic heterocycles. The summed E-state index contributed by atoms with van der Waals surface area (Å²) in [6.07, 6.45) is 2.46. The molecule has 0 fully saturated rings. The zero-order valence-electron chi connectivity index (χ0n) is 15.8. The van der Waals surface area contributed by atoms with Crippen LogP contribution in [-0.4, -0.2) is 29.7 Å². The van der Waals surface area contributed by atoms with Gasteiger partial charge in [-0.3, -0.25) is 0 Å². The Hall–Kier alpha value is -1.07. The zero-order valence-corrected chi connectivity index (χ0v) is 19.1. The maximum atomic E-state index is 2.47. The molecule has 1 aliphatic rings. The molecule has 0 unspecified atom stereocenters. The summed E-state index contributed by atoms with van der Waals surface area (Å²) in [6, 6.07) is 14.5. The molecule has 0 heterocycles. The van der Waals surface area contributed by atoms with Crippen molar-refractivity contribution in [2.24, 2.45) is 0 Å². The van der Waals surface area contributed by atoms with Crippen molar-refractivity contribution in [3.63, 3.8) is 0 Å². The van der Waals surface area contributed by atoms with E-state index in [0.717, 1.165) is 0 Å². The second-order valence-electron chi connectivity index (χ2n) is 7.57. The van der Waals surface area contributed by atoms with Gasteiger partial charge >= 0.3 is 164 Å². The van der Waals surface area contributed by atoms with Gasteiger partial charge in [-0.2, -0.15) is 0 Å².